The average molecular weight is 283 g/mol. The average Bonchev–Trinajstić information content (AvgIpc) is 2.32. The van der Waals surface area contributed by atoms with Gasteiger partial charge in [-0.15, -0.1) is 0 Å². The van der Waals surface area contributed by atoms with Gasteiger partial charge in [0, 0.05) is 0 Å². The lowest BCUT2D eigenvalue weighted by molar-refractivity contribution is 0.460. The summed E-state index contributed by atoms with van der Waals surface area (Å²) in [6.45, 7) is 3.98. The molecule has 2 aromatic rings. The van der Waals surface area contributed by atoms with Crippen LogP contribution in [0.3, 0.4) is 0 Å². The third kappa shape index (κ3) is 2.52. The minimum Gasteiger partial charge on any atom is -0.437 e. The van der Waals surface area contributed by atoms with Crippen LogP contribution < -0.4 is 10.5 Å². The Morgan fingerprint density at radius 2 is 1.89 bits per heavy atom. The topological polar surface area (TPSA) is 48.1 Å². The number of benzene rings is 1. The zero-order valence-electron chi connectivity index (χ0n) is 10.00. The summed E-state index contributed by atoms with van der Waals surface area (Å²) in [5, 5.41) is 0.642. The zero-order valence-corrected chi connectivity index (χ0v) is 11.5. The highest BCUT2D eigenvalue weighted by Gasteiger charge is 2.11. The van der Waals surface area contributed by atoms with Crippen molar-refractivity contribution in [2.75, 3.05) is 5.73 Å². The van der Waals surface area contributed by atoms with Gasteiger partial charge in [-0.1, -0.05) is 35.3 Å². The first-order valence-corrected chi connectivity index (χ1v) is 6.10. The van der Waals surface area contributed by atoms with Crippen LogP contribution in [0.2, 0.25) is 10.0 Å². The third-order valence-corrected chi connectivity index (χ3v) is 3.26. The number of nitrogens with two attached hydrogens (primary N) is 1. The van der Waals surface area contributed by atoms with Crippen LogP contribution >= 0.6 is 23.2 Å². The van der Waals surface area contributed by atoms with E-state index in [0.29, 0.717) is 15.8 Å². The Bertz CT molecular complexity index is 600. The molecule has 2 N–H and O–H groups in total. The molecule has 0 aliphatic carbocycles. The Hall–Kier alpha value is -1.45. The molecule has 1 aromatic heterocycles. The molecule has 1 heterocycles. The van der Waals surface area contributed by atoms with Crippen LogP contribution in [0, 0.1) is 13.8 Å². The van der Waals surface area contributed by atoms with Crippen molar-refractivity contribution in [1.82, 2.24) is 4.98 Å². The van der Waals surface area contributed by atoms with Gasteiger partial charge >= 0.3 is 0 Å². The molecule has 0 aliphatic rings. The number of ether oxygens (including phenoxy) is 1. The molecule has 0 unspecified atom stereocenters. The quantitative estimate of drug-likeness (QED) is 0.889. The van der Waals surface area contributed by atoms with Gasteiger partial charge in [-0.3, -0.25) is 0 Å². The van der Waals surface area contributed by atoms with Gasteiger partial charge in [-0.25, -0.2) is 0 Å². The summed E-state index contributed by atoms with van der Waals surface area (Å²) in [5.74, 6) is 1.15. The SMILES string of the molecule is Cc1cccc(Oc2nc(N)c(Cl)cc2Cl)c1C. The summed E-state index contributed by atoms with van der Waals surface area (Å²) >= 11 is 11.8. The summed E-state index contributed by atoms with van der Waals surface area (Å²) < 4.78 is 5.67. The van der Waals surface area contributed by atoms with Gasteiger partial charge in [0.05, 0.1) is 5.02 Å². The molecule has 0 amide bonds. The van der Waals surface area contributed by atoms with Crippen LogP contribution in [-0.4, -0.2) is 4.98 Å². The maximum atomic E-state index is 6.02. The lowest BCUT2D eigenvalue weighted by atomic mass is 10.1. The van der Waals surface area contributed by atoms with Crippen LogP contribution in [0.4, 0.5) is 5.82 Å². The molecule has 5 heteroatoms. The number of hydrogen-bond donors (Lipinski definition) is 1. The van der Waals surface area contributed by atoms with Gasteiger partial charge in [0.25, 0.3) is 0 Å². The summed E-state index contributed by atoms with van der Waals surface area (Å²) in [7, 11) is 0. The first kappa shape index (κ1) is 13.0. The number of anilines is 1. The van der Waals surface area contributed by atoms with Crippen molar-refractivity contribution >= 4 is 29.0 Å². The minimum atomic E-state index is 0.196. The fourth-order valence-electron chi connectivity index (χ4n) is 1.47. The van der Waals surface area contributed by atoms with E-state index in [0.717, 1.165) is 11.1 Å². The van der Waals surface area contributed by atoms with Gasteiger partial charge < -0.3 is 10.5 Å². The predicted molar refractivity (Wildman–Crippen MR) is 74.7 cm³/mol. The van der Waals surface area contributed by atoms with Crippen LogP contribution in [0.5, 0.6) is 11.6 Å². The molecule has 0 spiro atoms. The summed E-state index contributed by atoms with van der Waals surface area (Å²) in [6, 6.07) is 7.29. The molecule has 0 bridgehead atoms. The first-order chi connectivity index (χ1) is 8.49. The number of hydrogen-bond acceptors (Lipinski definition) is 3. The second kappa shape index (κ2) is 5.04. The molecule has 0 atom stereocenters. The van der Waals surface area contributed by atoms with E-state index in [2.05, 4.69) is 4.98 Å². The number of nitrogen functional groups attached to an aromatic ring is 1. The van der Waals surface area contributed by atoms with Crippen molar-refractivity contribution < 1.29 is 4.74 Å². The maximum Gasteiger partial charge on any atom is 0.240 e. The van der Waals surface area contributed by atoms with Gasteiger partial charge in [0.1, 0.15) is 16.6 Å². The van der Waals surface area contributed by atoms with E-state index < -0.39 is 0 Å². The summed E-state index contributed by atoms with van der Waals surface area (Å²) in [4.78, 5) is 4.03. The van der Waals surface area contributed by atoms with E-state index in [9.17, 15) is 0 Å². The van der Waals surface area contributed by atoms with E-state index >= 15 is 0 Å². The molecular formula is C13H12Cl2N2O. The number of aromatic nitrogens is 1. The number of rotatable bonds is 2. The normalized spacial score (nSPS) is 10.4. The third-order valence-electron chi connectivity index (χ3n) is 2.69. The Kier molecular flexibility index (Phi) is 3.64. The lowest BCUT2D eigenvalue weighted by Crippen LogP contribution is -1.97. The molecule has 0 radical (unpaired) electrons. The maximum absolute atomic E-state index is 6.02. The second-order valence-corrected chi connectivity index (χ2v) is 4.76. The Morgan fingerprint density at radius 1 is 1.17 bits per heavy atom. The second-order valence-electron chi connectivity index (χ2n) is 3.94. The monoisotopic (exact) mass is 282 g/mol. The van der Waals surface area contributed by atoms with Crippen LogP contribution in [0.15, 0.2) is 24.3 Å². The first-order valence-electron chi connectivity index (χ1n) is 5.34. The molecule has 1 aromatic carbocycles. The molecular weight excluding hydrogens is 271 g/mol. The van der Waals surface area contributed by atoms with E-state index in [1.54, 1.807) is 0 Å². The highest BCUT2D eigenvalue weighted by Crippen LogP contribution is 2.33. The summed E-state index contributed by atoms with van der Waals surface area (Å²) in [5.41, 5.74) is 7.79. The zero-order chi connectivity index (χ0) is 13.3. The van der Waals surface area contributed by atoms with Crippen LogP contribution in [0.1, 0.15) is 11.1 Å². The summed E-state index contributed by atoms with van der Waals surface area (Å²) in [6.07, 6.45) is 0. The lowest BCUT2D eigenvalue weighted by Gasteiger charge is -2.11. The molecule has 3 nitrogen and oxygen atoms in total. The van der Waals surface area contributed by atoms with E-state index in [4.69, 9.17) is 33.7 Å². The molecule has 0 saturated heterocycles. The van der Waals surface area contributed by atoms with Crippen molar-refractivity contribution in [3.8, 4) is 11.6 Å². The number of nitrogens with zero attached hydrogens (tertiary/aromatic N) is 1. The number of aryl methyl sites for hydroxylation is 1. The molecule has 94 valence electrons. The molecule has 0 fully saturated rings. The van der Waals surface area contributed by atoms with Gasteiger partial charge in [0.15, 0.2) is 0 Å². The number of pyridine rings is 1. The molecule has 18 heavy (non-hydrogen) atoms. The highest BCUT2D eigenvalue weighted by molar-refractivity contribution is 6.36. The fraction of sp³-hybridized carbons (Fsp3) is 0.154. The van der Waals surface area contributed by atoms with Crippen molar-refractivity contribution in [2.45, 2.75) is 13.8 Å². The molecule has 2 rings (SSSR count). The largest absolute Gasteiger partial charge is 0.437 e. The van der Waals surface area contributed by atoms with Crippen molar-refractivity contribution in [3.63, 3.8) is 0 Å². The Balaban J connectivity index is 2.40. The minimum absolute atomic E-state index is 0.196. The van der Waals surface area contributed by atoms with Gasteiger partial charge in [0.2, 0.25) is 5.88 Å². The Morgan fingerprint density at radius 3 is 2.61 bits per heavy atom. The van der Waals surface area contributed by atoms with Crippen molar-refractivity contribution in [1.29, 1.82) is 0 Å². The van der Waals surface area contributed by atoms with E-state index in [1.807, 2.05) is 32.0 Å². The van der Waals surface area contributed by atoms with E-state index in [1.165, 1.54) is 6.07 Å². The highest BCUT2D eigenvalue weighted by atomic mass is 35.5. The van der Waals surface area contributed by atoms with Crippen LogP contribution in [-0.2, 0) is 0 Å². The Labute approximate surface area is 115 Å². The predicted octanol–water partition coefficient (Wildman–Crippen LogP) is 4.38. The molecule has 0 saturated carbocycles. The van der Waals surface area contributed by atoms with Crippen LogP contribution in [0.25, 0.3) is 0 Å². The van der Waals surface area contributed by atoms with Gasteiger partial charge in [-0.2, -0.15) is 4.98 Å². The van der Waals surface area contributed by atoms with E-state index in [-0.39, 0.29) is 11.7 Å². The standard InChI is InChI=1S/C13H12Cl2N2O/c1-7-4-3-5-11(8(7)2)18-13-10(15)6-9(14)12(16)17-13/h3-6H,1-2H3,(H2,16,17). The number of halogens is 2. The van der Waals surface area contributed by atoms with Gasteiger partial charge in [-0.05, 0) is 37.1 Å². The fourth-order valence-corrected chi connectivity index (χ4v) is 1.87. The molecule has 0 aliphatic heterocycles. The van der Waals surface area contributed by atoms with Crippen molar-refractivity contribution in [2.24, 2.45) is 0 Å². The smallest absolute Gasteiger partial charge is 0.240 e. The van der Waals surface area contributed by atoms with Crippen molar-refractivity contribution in [3.05, 3.63) is 45.4 Å².